The van der Waals surface area contributed by atoms with Crippen molar-refractivity contribution in [3.8, 4) is 0 Å². The van der Waals surface area contributed by atoms with Crippen molar-refractivity contribution in [3.05, 3.63) is 28.0 Å². The zero-order valence-electron chi connectivity index (χ0n) is 5.71. The highest BCUT2D eigenvalue weighted by Crippen LogP contribution is 2.23. The van der Waals surface area contributed by atoms with Gasteiger partial charge in [0.1, 0.15) is 5.82 Å². The second-order valence-corrected chi connectivity index (χ2v) is 3.42. The molecule has 0 amide bonds. The molecule has 0 aromatic heterocycles. The minimum absolute atomic E-state index is 0.00130. The molecule has 0 aliphatic rings. The monoisotopic (exact) mass is 250 g/mol. The molecule has 0 unspecified atom stereocenters. The molecule has 2 nitrogen and oxygen atoms in total. The predicted molar refractivity (Wildman–Crippen MR) is 48.3 cm³/mol. The maximum Gasteiger partial charge on any atom is 0.336 e. The molecule has 0 atom stereocenters. The van der Waals surface area contributed by atoms with Gasteiger partial charge in [0.15, 0.2) is 0 Å². The number of hydrogen-bond donors (Lipinski definition) is 2. The third-order valence-electron chi connectivity index (χ3n) is 1.27. The van der Waals surface area contributed by atoms with Gasteiger partial charge in [-0.05, 0) is 28.1 Å². The summed E-state index contributed by atoms with van der Waals surface area (Å²) in [5.41, 5.74) is 0.00130. The van der Waals surface area contributed by atoms with Gasteiger partial charge in [-0.3, -0.25) is 0 Å². The minimum Gasteiger partial charge on any atom is -0.478 e. The first-order valence-electron chi connectivity index (χ1n) is 2.93. The Balaban J connectivity index is 3.33. The molecule has 64 valence electrons. The van der Waals surface area contributed by atoms with Gasteiger partial charge in [0.05, 0.1) is 5.56 Å². The Labute approximate surface area is 81.9 Å². The van der Waals surface area contributed by atoms with Crippen LogP contribution in [0, 0.1) is 5.82 Å². The van der Waals surface area contributed by atoms with Gasteiger partial charge in [-0.2, -0.15) is 0 Å². The van der Waals surface area contributed by atoms with E-state index in [4.69, 9.17) is 5.11 Å². The molecule has 1 rings (SSSR count). The number of carbonyl (C=O) groups is 1. The molecule has 0 heterocycles. The first-order valence-corrected chi connectivity index (χ1v) is 4.17. The summed E-state index contributed by atoms with van der Waals surface area (Å²) in [6.45, 7) is 0. The van der Waals surface area contributed by atoms with E-state index in [1.54, 1.807) is 0 Å². The Morgan fingerprint density at radius 2 is 2.17 bits per heavy atom. The van der Waals surface area contributed by atoms with E-state index in [9.17, 15) is 9.18 Å². The quantitative estimate of drug-likeness (QED) is 0.752. The molecule has 0 fully saturated rings. The highest BCUT2D eigenvalue weighted by molar-refractivity contribution is 9.10. The predicted octanol–water partition coefficient (Wildman–Crippen LogP) is 2.58. The van der Waals surface area contributed by atoms with Crippen LogP contribution >= 0.6 is 28.6 Å². The van der Waals surface area contributed by atoms with Crippen molar-refractivity contribution in [3.63, 3.8) is 0 Å². The normalized spacial score (nSPS) is 9.92. The summed E-state index contributed by atoms with van der Waals surface area (Å²) < 4.78 is 12.9. The second kappa shape index (κ2) is 3.45. The largest absolute Gasteiger partial charge is 0.478 e. The van der Waals surface area contributed by atoms with Crippen LogP contribution in [0.5, 0.6) is 0 Å². The number of hydrogen-bond acceptors (Lipinski definition) is 2. The smallest absolute Gasteiger partial charge is 0.336 e. The minimum atomic E-state index is -1.11. The molecule has 1 aromatic rings. The van der Waals surface area contributed by atoms with E-state index in [-0.39, 0.29) is 14.9 Å². The van der Waals surface area contributed by atoms with Crippen molar-refractivity contribution in [2.24, 2.45) is 0 Å². The standard InChI is InChI=1S/C7H4BrFO2S/c8-4-2-5(9)6(12)1-3(4)7(10)11/h1-2,12H,(H,10,11). The van der Waals surface area contributed by atoms with Crippen LogP contribution in [-0.2, 0) is 0 Å². The highest BCUT2D eigenvalue weighted by atomic mass is 79.9. The average molecular weight is 251 g/mol. The summed E-state index contributed by atoms with van der Waals surface area (Å²) in [5, 5.41) is 8.59. The van der Waals surface area contributed by atoms with E-state index in [1.165, 1.54) is 0 Å². The maximum atomic E-state index is 12.7. The van der Waals surface area contributed by atoms with Crippen molar-refractivity contribution < 1.29 is 14.3 Å². The summed E-state index contributed by atoms with van der Waals surface area (Å²) >= 11 is 6.68. The van der Waals surface area contributed by atoms with Gasteiger partial charge in [0.25, 0.3) is 0 Å². The summed E-state index contributed by atoms with van der Waals surface area (Å²) in [7, 11) is 0. The van der Waals surface area contributed by atoms with Gasteiger partial charge in [-0.1, -0.05) is 0 Å². The topological polar surface area (TPSA) is 37.3 Å². The lowest BCUT2D eigenvalue weighted by atomic mass is 10.2. The van der Waals surface area contributed by atoms with Crippen molar-refractivity contribution >= 4 is 34.5 Å². The Bertz CT molecular complexity index is 340. The molecular weight excluding hydrogens is 247 g/mol. The van der Waals surface area contributed by atoms with Crippen LogP contribution in [0.1, 0.15) is 10.4 Å². The van der Waals surface area contributed by atoms with Gasteiger partial charge in [-0.15, -0.1) is 12.6 Å². The molecule has 5 heteroatoms. The van der Waals surface area contributed by atoms with E-state index in [2.05, 4.69) is 28.6 Å². The number of carboxylic acid groups (broad SMARTS) is 1. The first-order chi connectivity index (χ1) is 5.52. The lowest BCUT2D eigenvalue weighted by Gasteiger charge is -2.00. The molecule has 0 radical (unpaired) electrons. The Morgan fingerprint density at radius 1 is 1.58 bits per heavy atom. The molecule has 0 aliphatic carbocycles. The van der Waals surface area contributed by atoms with Crippen LogP contribution in [0.2, 0.25) is 0 Å². The Morgan fingerprint density at radius 3 is 2.67 bits per heavy atom. The number of halogens is 2. The summed E-state index contributed by atoms with van der Waals surface area (Å²) in [6.07, 6.45) is 0. The zero-order valence-corrected chi connectivity index (χ0v) is 8.19. The maximum absolute atomic E-state index is 12.7. The number of carboxylic acids is 1. The number of rotatable bonds is 1. The summed E-state index contributed by atoms with van der Waals surface area (Å²) in [5.74, 6) is -1.66. The molecule has 12 heavy (non-hydrogen) atoms. The van der Waals surface area contributed by atoms with E-state index < -0.39 is 11.8 Å². The van der Waals surface area contributed by atoms with Crippen LogP contribution in [0.3, 0.4) is 0 Å². The van der Waals surface area contributed by atoms with Gasteiger partial charge in [0.2, 0.25) is 0 Å². The van der Waals surface area contributed by atoms with E-state index in [1.807, 2.05) is 0 Å². The molecule has 0 saturated carbocycles. The fourth-order valence-corrected chi connectivity index (χ4v) is 1.38. The van der Waals surface area contributed by atoms with Crippen LogP contribution in [-0.4, -0.2) is 11.1 Å². The summed E-state index contributed by atoms with van der Waals surface area (Å²) in [6, 6.07) is 2.23. The van der Waals surface area contributed by atoms with Crippen molar-refractivity contribution in [1.82, 2.24) is 0 Å². The molecule has 0 saturated heterocycles. The molecule has 0 spiro atoms. The van der Waals surface area contributed by atoms with E-state index in [0.29, 0.717) is 0 Å². The first kappa shape index (κ1) is 9.54. The van der Waals surface area contributed by atoms with Crippen LogP contribution < -0.4 is 0 Å². The van der Waals surface area contributed by atoms with Crippen molar-refractivity contribution in [2.45, 2.75) is 4.90 Å². The highest BCUT2D eigenvalue weighted by Gasteiger charge is 2.11. The fourth-order valence-electron chi connectivity index (χ4n) is 0.701. The zero-order chi connectivity index (χ0) is 9.30. The molecule has 0 aliphatic heterocycles. The SMILES string of the molecule is O=C(O)c1cc(S)c(F)cc1Br. The lowest BCUT2D eigenvalue weighted by Crippen LogP contribution is -1.98. The van der Waals surface area contributed by atoms with Crippen LogP contribution in [0.15, 0.2) is 21.5 Å². The van der Waals surface area contributed by atoms with Crippen molar-refractivity contribution in [1.29, 1.82) is 0 Å². The Kier molecular flexibility index (Phi) is 2.74. The van der Waals surface area contributed by atoms with E-state index >= 15 is 0 Å². The second-order valence-electron chi connectivity index (χ2n) is 2.09. The number of thiol groups is 1. The van der Waals surface area contributed by atoms with Crippen LogP contribution in [0.25, 0.3) is 0 Å². The molecular formula is C7H4BrFO2S. The molecule has 0 bridgehead atoms. The molecule has 1 aromatic carbocycles. The van der Waals surface area contributed by atoms with E-state index in [0.717, 1.165) is 12.1 Å². The lowest BCUT2D eigenvalue weighted by molar-refractivity contribution is 0.0695. The number of aromatic carboxylic acids is 1. The number of benzene rings is 1. The van der Waals surface area contributed by atoms with Gasteiger partial charge in [-0.25, -0.2) is 9.18 Å². The molecule has 1 N–H and O–H groups in total. The van der Waals surface area contributed by atoms with Crippen LogP contribution in [0.4, 0.5) is 4.39 Å². The average Bonchev–Trinajstić information content (AvgIpc) is 1.96. The third kappa shape index (κ3) is 1.78. The third-order valence-corrected chi connectivity index (χ3v) is 2.27. The fraction of sp³-hybridized carbons (Fsp3) is 0. The van der Waals surface area contributed by atoms with Gasteiger partial charge >= 0.3 is 5.97 Å². The van der Waals surface area contributed by atoms with Gasteiger partial charge < -0.3 is 5.11 Å². The Hall–Kier alpha value is -0.550. The summed E-state index contributed by atoms with van der Waals surface area (Å²) in [4.78, 5) is 10.5. The van der Waals surface area contributed by atoms with Crippen molar-refractivity contribution in [2.75, 3.05) is 0 Å². The van der Waals surface area contributed by atoms with Gasteiger partial charge in [0, 0.05) is 9.37 Å².